The van der Waals surface area contributed by atoms with E-state index >= 15 is 0 Å². The molecule has 2 aromatic rings. The number of benzene rings is 2. The van der Waals surface area contributed by atoms with Gasteiger partial charge in [0.15, 0.2) is 0 Å². The number of anilines is 1. The first-order valence-electron chi connectivity index (χ1n) is 8.27. The molecule has 3 nitrogen and oxygen atoms in total. The summed E-state index contributed by atoms with van der Waals surface area (Å²) in [4.78, 5) is 12.2. The van der Waals surface area contributed by atoms with Crippen LogP contribution < -0.4 is 11.1 Å². The summed E-state index contributed by atoms with van der Waals surface area (Å²) in [6.45, 7) is 6.23. The van der Waals surface area contributed by atoms with Gasteiger partial charge in [-0.2, -0.15) is 0 Å². The lowest BCUT2D eigenvalue weighted by Crippen LogP contribution is -2.16. The van der Waals surface area contributed by atoms with Gasteiger partial charge in [-0.1, -0.05) is 43.3 Å². The van der Waals surface area contributed by atoms with Gasteiger partial charge in [-0.3, -0.25) is 4.79 Å². The molecule has 2 unspecified atom stereocenters. The lowest BCUT2D eigenvalue weighted by molar-refractivity contribution is -0.117. The number of hydrogen-bond acceptors (Lipinski definition) is 2. The van der Waals surface area contributed by atoms with Gasteiger partial charge < -0.3 is 11.1 Å². The fourth-order valence-electron chi connectivity index (χ4n) is 3.53. The van der Waals surface area contributed by atoms with Gasteiger partial charge in [-0.15, -0.1) is 0 Å². The second-order valence-corrected chi connectivity index (χ2v) is 6.43. The van der Waals surface area contributed by atoms with Gasteiger partial charge in [0.1, 0.15) is 0 Å². The fraction of sp³-hybridized carbons (Fsp3) is 0.350. The van der Waals surface area contributed by atoms with Crippen LogP contribution in [-0.4, -0.2) is 5.91 Å². The quantitative estimate of drug-likeness (QED) is 0.897. The van der Waals surface area contributed by atoms with E-state index in [1.807, 2.05) is 18.2 Å². The summed E-state index contributed by atoms with van der Waals surface area (Å²) in [5.74, 6) is 0.0609. The van der Waals surface area contributed by atoms with E-state index < -0.39 is 0 Å². The Morgan fingerprint density at radius 2 is 1.87 bits per heavy atom. The van der Waals surface area contributed by atoms with E-state index in [9.17, 15) is 4.79 Å². The molecule has 0 saturated heterocycles. The summed E-state index contributed by atoms with van der Waals surface area (Å²) in [7, 11) is 0. The minimum Gasteiger partial charge on any atom is -0.325 e. The normalized spacial score (nSPS) is 17.7. The van der Waals surface area contributed by atoms with Crippen molar-refractivity contribution in [2.75, 3.05) is 5.32 Å². The number of rotatable bonds is 4. The van der Waals surface area contributed by atoms with Crippen LogP contribution in [0.4, 0.5) is 5.69 Å². The molecule has 1 amide bonds. The van der Waals surface area contributed by atoms with Crippen molar-refractivity contribution >= 4 is 11.6 Å². The number of carbonyl (C=O) groups excluding carboxylic acids is 1. The molecule has 23 heavy (non-hydrogen) atoms. The first kappa shape index (κ1) is 15.8. The maximum Gasteiger partial charge on any atom is 0.232 e. The molecule has 2 atom stereocenters. The van der Waals surface area contributed by atoms with Crippen molar-refractivity contribution in [1.82, 2.24) is 0 Å². The molecule has 3 rings (SSSR count). The SMILES string of the molecule is CCC1C(=O)Nc2c1cc(C(N)Cc1ccccc1)c(C)c2C. The third-order valence-corrected chi connectivity index (χ3v) is 5.02. The Morgan fingerprint density at radius 1 is 1.17 bits per heavy atom. The predicted molar refractivity (Wildman–Crippen MR) is 94.7 cm³/mol. The number of carbonyl (C=O) groups is 1. The average molecular weight is 308 g/mol. The van der Waals surface area contributed by atoms with Gasteiger partial charge in [0.2, 0.25) is 5.91 Å². The van der Waals surface area contributed by atoms with E-state index in [1.165, 1.54) is 11.1 Å². The standard InChI is InChI=1S/C20H24N2O/c1-4-15-17-11-16(12(2)13(3)19(17)22-20(15)23)18(21)10-14-8-6-5-7-9-14/h5-9,11,15,18H,4,10,21H2,1-3H3,(H,22,23). The summed E-state index contributed by atoms with van der Waals surface area (Å²) < 4.78 is 0. The van der Waals surface area contributed by atoms with Crippen molar-refractivity contribution in [3.63, 3.8) is 0 Å². The molecule has 0 fully saturated rings. The van der Waals surface area contributed by atoms with Crippen LogP contribution in [0.15, 0.2) is 36.4 Å². The van der Waals surface area contributed by atoms with E-state index in [4.69, 9.17) is 5.73 Å². The van der Waals surface area contributed by atoms with Crippen LogP contribution in [0.2, 0.25) is 0 Å². The van der Waals surface area contributed by atoms with E-state index in [1.54, 1.807) is 0 Å². The topological polar surface area (TPSA) is 55.1 Å². The van der Waals surface area contributed by atoms with Gasteiger partial charge in [0, 0.05) is 11.7 Å². The highest BCUT2D eigenvalue weighted by Gasteiger charge is 2.32. The molecule has 0 radical (unpaired) electrons. The second kappa shape index (κ2) is 6.17. The van der Waals surface area contributed by atoms with Gasteiger partial charge >= 0.3 is 0 Å². The summed E-state index contributed by atoms with van der Waals surface area (Å²) in [6.07, 6.45) is 1.62. The van der Waals surface area contributed by atoms with E-state index in [2.05, 4.69) is 44.3 Å². The molecule has 1 heterocycles. The molecule has 0 aliphatic carbocycles. The maximum absolute atomic E-state index is 12.2. The fourth-order valence-corrected chi connectivity index (χ4v) is 3.53. The molecule has 1 aliphatic heterocycles. The molecular weight excluding hydrogens is 284 g/mol. The Kier molecular flexibility index (Phi) is 4.22. The molecule has 3 heteroatoms. The number of hydrogen-bond donors (Lipinski definition) is 2. The lowest BCUT2D eigenvalue weighted by Gasteiger charge is -2.20. The molecule has 0 bridgehead atoms. The van der Waals surface area contributed by atoms with Gasteiger partial charge in [-0.05, 0) is 54.5 Å². The predicted octanol–water partition coefficient (Wildman–Crippen LogP) is 3.99. The van der Waals surface area contributed by atoms with Crippen LogP contribution in [0.25, 0.3) is 0 Å². The van der Waals surface area contributed by atoms with Crippen LogP contribution in [0, 0.1) is 13.8 Å². The molecule has 2 aromatic carbocycles. The average Bonchev–Trinajstić information content (AvgIpc) is 2.87. The van der Waals surface area contributed by atoms with Crippen molar-refractivity contribution in [2.24, 2.45) is 5.73 Å². The lowest BCUT2D eigenvalue weighted by atomic mass is 9.87. The van der Waals surface area contributed by atoms with E-state index in [0.717, 1.165) is 35.2 Å². The molecule has 0 saturated carbocycles. The van der Waals surface area contributed by atoms with Gasteiger partial charge in [0.25, 0.3) is 0 Å². The van der Waals surface area contributed by atoms with Crippen molar-refractivity contribution in [2.45, 2.75) is 45.6 Å². The zero-order chi connectivity index (χ0) is 16.6. The molecule has 3 N–H and O–H groups in total. The zero-order valence-electron chi connectivity index (χ0n) is 14.0. The highest BCUT2D eigenvalue weighted by Crippen LogP contribution is 2.40. The number of nitrogens with one attached hydrogen (secondary N) is 1. The van der Waals surface area contributed by atoms with Crippen LogP contribution in [0.1, 0.15) is 53.1 Å². The Bertz CT molecular complexity index is 737. The number of fused-ring (bicyclic) bond motifs is 1. The van der Waals surface area contributed by atoms with Crippen molar-refractivity contribution < 1.29 is 4.79 Å². The summed E-state index contributed by atoms with van der Waals surface area (Å²) >= 11 is 0. The Morgan fingerprint density at radius 3 is 2.52 bits per heavy atom. The van der Waals surface area contributed by atoms with Crippen molar-refractivity contribution in [3.8, 4) is 0 Å². The Hall–Kier alpha value is -2.13. The minimum atomic E-state index is -0.0605. The van der Waals surface area contributed by atoms with E-state index in [0.29, 0.717) is 0 Å². The zero-order valence-corrected chi connectivity index (χ0v) is 14.0. The minimum absolute atomic E-state index is 0.0491. The highest BCUT2D eigenvalue weighted by molar-refractivity contribution is 6.04. The van der Waals surface area contributed by atoms with Crippen LogP contribution in [-0.2, 0) is 11.2 Å². The summed E-state index contributed by atoms with van der Waals surface area (Å²) in [5, 5.41) is 3.04. The third-order valence-electron chi connectivity index (χ3n) is 5.02. The Balaban J connectivity index is 1.99. The monoisotopic (exact) mass is 308 g/mol. The molecule has 0 aromatic heterocycles. The van der Waals surface area contributed by atoms with Crippen LogP contribution in [0.3, 0.4) is 0 Å². The maximum atomic E-state index is 12.2. The van der Waals surface area contributed by atoms with Gasteiger partial charge in [0.05, 0.1) is 5.92 Å². The highest BCUT2D eigenvalue weighted by atomic mass is 16.2. The van der Waals surface area contributed by atoms with Crippen molar-refractivity contribution in [1.29, 1.82) is 0 Å². The summed E-state index contributed by atoms with van der Waals surface area (Å²) in [5.41, 5.74) is 13.3. The third kappa shape index (κ3) is 2.77. The van der Waals surface area contributed by atoms with E-state index in [-0.39, 0.29) is 17.9 Å². The molecule has 1 aliphatic rings. The molecular formula is C20H24N2O. The van der Waals surface area contributed by atoms with Crippen LogP contribution in [0.5, 0.6) is 0 Å². The molecule has 120 valence electrons. The number of amides is 1. The first-order valence-corrected chi connectivity index (χ1v) is 8.27. The largest absolute Gasteiger partial charge is 0.325 e. The second-order valence-electron chi connectivity index (χ2n) is 6.43. The smallest absolute Gasteiger partial charge is 0.232 e. The summed E-state index contributed by atoms with van der Waals surface area (Å²) in [6, 6.07) is 12.4. The molecule has 0 spiro atoms. The van der Waals surface area contributed by atoms with Gasteiger partial charge in [-0.25, -0.2) is 0 Å². The Labute approximate surface area is 137 Å². The van der Waals surface area contributed by atoms with Crippen molar-refractivity contribution in [3.05, 3.63) is 64.2 Å². The van der Waals surface area contributed by atoms with Crippen LogP contribution >= 0.6 is 0 Å². The first-order chi connectivity index (χ1) is 11.0. The number of nitrogens with two attached hydrogens (primary N) is 1.